The van der Waals surface area contributed by atoms with Crippen LogP contribution >= 0.6 is 0 Å². The van der Waals surface area contributed by atoms with E-state index >= 15 is 0 Å². The molecule has 0 aromatic heterocycles. The minimum atomic E-state index is 0.688. The van der Waals surface area contributed by atoms with E-state index in [1.54, 1.807) is 0 Å². The smallest absolute Gasteiger partial charge is 0.0129 e. The first-order chi connectivity index (χ1) is 9.31. The van der Waals surface area contributed by atoms with Crippen LogP contribution in [0.1, 0.15) is 52.9 Å². The van der Waals surface area contributed by atoms with Crippen LogP contribution in [0.25, 0.3) is 0 Å². The van der Waals surface area contributed by atoms with Crippen LogP contribution in [0, 0.1) is 5.92 Å². The average Bonchev–Trinajstić information content (AvgIpc) is 2.93. The highest BCUT2D eigenvalue weighted by atomic mass is 14.1. The van der Waals surface area contributed by atoms with Crippen LogP contribution < -0.4 is 0 Å². The lowest BCUT2D eigenvalue weighted by Crippen LogP contribution is -1.99. The van der Waals surface area contributed by atoms with Gasteiger partial charge >= 0.3 is 0 Å². The Kier molecular flexibility index (Phi) is 7.97. The summed E-state index contributed by atoms with van der Waals surface area (Å²) in [6.45, 7) is 6.74. The van der Waals surface area contributed by atoms with Gasteiger partial charge in [0, 0.05) is 0 Å². The van der Waals surface area contributed by atoms with E-state index in [4.69, 9.17) is 0 Å². The molecule has 0 unspecified atom stereocenters. The van der Waals surface area contributed by atoms with Crippen molar-refractivity contribution in [3.8, 4) is 0 Å². The summed E-state index contributed by atoms with van der Waals surface area (Å²) in [6, 6.07) is 0. The standard InChI is InChI=1S/C19H28/c1-4-7-8-15-19(18(5-2)6-3)16-11-14-17-12-9-10-13-17/h7-12,15-16,18H,4-6,13-14H2,1-3H3/b8-7-,16-11-,19-15+. The van der Waals surface area contributed by atoms with Crippen molar-refractivity contribution in [2.45, 2.75) is 52.9 Å². The Balaban J connectivity index is 2.64. The van der Waals surface area contributed by atoms with Crippen LogP contribution in [0.2, 0.25) is 0 Å². The van der Waals surface area contributed by atoms with E-state index in [0.717, 1.165) is 19.3 Å². The molecule has 104 valence electrons. The molecule has 0 spiro atoms. The molecule has 0 nitrogen and oxygen atoms in total. The van der Waals surface area contributed by atoms with Gasteiger partial charge in [-0.1, -0.05) is 75.0 Å². The van der Waals surface area contributed by atoms with Crippen molar-refractivity contribution in [1.82, 2.24) is 0 Å². The number of allylic oxidation sites excluding steroid dienone is 10. The minimum absolute atomic E-state index is 0.688. The summed E-state index contributed by atoms with van der Waals surface area (Å²) in [5, 5.41) is 0. The second-order valence-electron chi connectivity index (χ2n) is 5.08. The Bertz CT molecular complexity index is 384. The molecule has 0 atom stereocenters. The Morgan fingerprint density at radius 2 is 2.00 bits per heavy atom. The van der Waals surface area contributed by atoms with E-state index < -0.39 is 0 Å². The second kappa shape index (κ2) is 9.61. The van der Waals surface area contributed by atoms with Crippen LogP contribution in [-0.2, 0) is 0 Å². The third-order valence-electron chi connectivity index (χ3n) is 3.66. The van der Waals surface area contributed by atoms with Crippen molar-refractivity contribution >= 4 is 0 Å². The van der Waals surface area contributed by atoms with Gasteiger partial charge in [0.1, 0.15) is 0 Å². The normalized spacial score (nSPS) is 16.2. The van der Waals surface area contributed by atoms with Gasteiger partial charge in [0.15, 0.2) is 0 Å². The van der Waals surface area contributed by atoms with Crippen LogP contribution in [0.15, 0.2) is 59.8 Å². The summed E-state index contributed by atoms with van der Waals surface area (Å²) in [5.74, 6) is 0.688. The van der Waals surface area contributed by atoms with E-state index in [0.29, 0.717) is 5.92 Å². The summed E-state index contributed by atoms with van der Waals surface area (Å²) in [7, 11) is 0. The lowest BCUT2D eigenvalue weighted by Gasteiger charge is -2.13. The van der Waals surface area contributed by atoms with Gasteiger partial charge in [0.05, 0.1) is 0 Å². The van der Waals surface area contributed by atoms with Gasteiger partial charge in [-0.25, -0.2) is 0 Å². The van der Waals surface area contributed by atoms with Crippen LogP contribution in [0.3, 0.4) is 0 Å². The van der Waals surface area contributed by atoms with Gasteiger partial charge < -0.3 is 0 Å². The quantitative estimate of drug-likeness (QED) is 0.457. The van der Waals surface area contributed by atoms with E-state index in [-0.39, 0.29) is 0 Å². The topological polar surface area (TPSA) is 0 Å². The summed E-state index contributed by atoms with van der Waals surface area (Å²) >= 11 is 0. The molecular weight excluding hydrogens is 228 g/mol. The van der Waals surface area contributed by atoms with Gasteiger partial charge in [-0.15, -0.1) is 0 Å². The highest BCUT2D eigenvalue weighted by Gasteiger charge is 2.06. The maximum Gasteiger partial charge on any atom is -0.0129 e. The number of rotatable bonds is 8. The third-order valence-corrected chi connectivity index (χ3v) is 3.66. The maximum absolute atomic E-state index is 2.33. The predicted molar refractivity (Wildman–Crippen MR) is 87.2 cm³/mol. The minimum Gasteiger partial charge on any atom is -0.0848 e. The largest absolute Gasteiger partial charge is 0.0848 e. The molecule has 0 heteroatoms. The molecule has 0 aromatic carbocycles. The second-order valence-corrected chi connectivity index (χ2v) is 5.08. The first-order valence-corrected chi connectivity index (χ1v) is 7.69. The molecule has 0 N–H and O–H groups in total. The van der Waals surface area contributed by atoms with Gasteiger partial charge in [0.25, 0.3) is 0 Å². The molecule has 1 aliphatic rings. The molecule has 0 heterocycles. The molecule has 1 aliphatic carbocycles. The maximum atomic E-state index is 2.33. The van der Waals surface area contributed by atoms with Crippen LogP contribution in [-0.4, -0.2) is 0 Å². The van der Waals surface area contributed by atoms with E-state index in [2.05, 4.69) is 69.4 Å². The Hall–Kier alpha value is -1.30. The molecule has 19 heavy (non-hydrogen) atoms. The molecule has 0 saturated carbocycles. The van der Waals surface area contributed by atoms with Gasteiger partial charge in [-0.05, 0) is 43.6 Å². The zero-order chi connectivity index (χ0) is 13.9. The fourth-order valence-corrected chi connectivity index (χ4v) is 2.39. The first-order valence-electron chi connectivity index (χ1n) is 7.69. The van der Waals surface area contributed by atoms with Crippen LogP contribution in [0.5, 0.6) is 0 Å². The highest BCUT2D eigenvalue weighted by Crippen LogP contribution is 2.22. The molecule has 0 radical (unpaired) electrons. The monoisotopic (exact) mass is 256 g/mol. The Morgan fingerprint density at radius 3 is 2.58 bits per heavy atom. The van der Waals surface area contributed by atoms with Crippen molar-refractivity contribution in [1.29, 1.82) is 0 Å². The van der Waals surface area contributed by atoms with Gasteiger partial charge in [-0.2, -0.15) is 0 Å². The molecular formula is C19H28. The van der Waals surface area contributed by atoms with Gasteiger partial charge in [0.2, 0.25) is 0 Å². The van der Waals surface area contributed by atoms with Crippen molar-refractivity contribution in [2.24, 2.45) is 5.92 Å². The fraction of sp³-hybridized carbons (Fsp3) is 0.474. The lowest BCUT2D eigenvalue weighted by molar-refractivity contribution is 0.583. The molecule has 0 aliphatic heterocycles. The van der Waals surface area contributed by atoms with Crippen LogP contribution in [0.4, 0.5) is 0 Å². The van der Waals surface area contributed by atoms with E-state index in [1.165, 1.54) is 24.0 Å². The Labute approximate surface area is 119 Å². The van der Waals surface area contributed by atoms with Crippen molar-refractivity contribution in [3.05, 3.63) is 59.8 Å². The van der Waals surface area contributed by atoms with Crippen molar-refractivity contribution in [2.75, 3.05) is 0 Å². The summed E-state index contributed by atoms with van der Waals surface area (Å²) in [6.07, 6.45) is 23.7. The SMILES string of the molecule is CC\C=C/C=C(\C=C/CC1=CC=CC1)C(CC)CC. The number of hydrogen-bond donors (Lipinski definition) is 0. The molecule has 0 amide bonds. The summed E-state index contributed by atoms with van der Waals surface area (Å²) < 4.78 is 0. The molecule has 0 fully saturated rings. The zero-order valence-corrected chi connectivity index (χ0v) is 12.7. The predicted octanol–water partition coefficient (Wildman–Crippen LogP) is 6.15. The zero-order valence-electron chi connectivity index (χ0n) is 12.7. The third kappa shape index (κ3) is 5.92. The number of hydrogen-bond acceptors (Lipinski definition) is 0. The molecule has 0 bridgehead atoms. The summed E-state index contributed by atoms with van der Waals surface area (Å²) in [4.78, 5) is 0. The highest BCUT2D eigenvalue weighted by molar-refractivity contribution is 5.29. The van der Waals surface area contributed by atoms with Crippen molar-refractivity contribution < 1.29 is 0 Å². The van der Waals surface area contributed by atoms with Gasteiger partial charge in [-0.3, -0.25) is 0 Å². The summed E-state index contributed by atoms with van der Waals surface area (Å²) in [5.41, 5.74) is 2.99. The lowest BCUT2D eigenvalue weighted by atomic mass is 9.92. The molecule has 0 aromatic rings. The van der Waals surface area contributed by atoms with E-state index in [9.17, 15) is 0 Å². The van der Waals surface area contributed by atoms with E-state index in [1.807, 2.05) is 0 Å². The Morgan fingerprint density at radius 1 is 1.21 bits per heavy atom. The first kappa shape index (κ1) is 15.8. The molecule has 1 rings (SSSR count). The average molecular weight is 256 g/mol. The van der Waals surface area contributed by atoms with Crippen molar-refractivity contribution in [3.63, 3.8) is 0 Å². The fourth-order valence-electron chi connectivity index (χ4n) is 2.39. The molecule has 0 saturated heterocycles.